The standard InChI is InChI=1S/C30H48N2O4/c1-5-7-8-9-10-11-12-13-14-15-16-17-18-20-24-21-19-22-25(35-4)27(24)28-26(29(33)36-6-2)23(3)31-30(34)32-28/h19,21-22,26,28H,5-18,20H2,1-4H3,(H,32,34). The van der Waals surface area contributed by atoms with Crippen molar-refractivity contribution in [3.05, 3.63) is 29.3 Å². The molecule has 0 bridgehead atoms. The van der Waals surface area contributed by atoms with Gasteiger partial charge in [0.25, 0.3) is 0 Å². The first-order valence-corrected chi connectivity index (χ1v) is 14.2. The Kier molecular flexibility index (Phi) is 14.2. The predicted octanol–water partition coefficient (Wildman–Crippen LogP) is 7.73. The van der Waals surface area contributed by atoms with E-state index >= 15 is 0 Å². The van der Waals surface area contributed by atoms with Crippen molar-refractivity contribution in [3.8, 4) is 5.75 Å². The van der Waals surface area contributed by atoms with E-state index in [0.29, 0.717) is 11.5 Å². The van der Waals surface area contributed by atoms with Crippen molar-refractivity contribution in [1.29, 1.82) is 0 Å². The van der Waals surface area contributed by atoms with Crippen LogP contribution in [-0.4, -0.2) is 31.4 Å². The second-order valence-electron chi connectivity index (χ2n) is 9.94. The maximum atomic E-state index is 12.8. The average Bonchev–Trinajstić information content (AvgIpc) is 2.86. The van der Waals surface area contributed by atoms with Crippen LogP contribution in [0.15, 0.2) is 23.2 Å². The van der Waals surface area contributed by atoms with E-state index in [1.807, 2.05) is 12.1 Å². The number of aliphatic imine (C=N–C) groups is 1. The van der Waals surface area contributed by atoms with Crippen molar-refractivity contribution in [2.75, 3.05) is 13.7 Å². The highest BCUT2D eigenvalue weighted by atomic mass is 16.5. The second-order valence-corrected chi connectivity index (χ2v) is 9.94. The molecule has 6 heteroatoms. The molecule has 0 radical (unpaired) electrons. The topological polar surface area (TPSA) is 77.0 Å². The molecule has 202 valence electrons. The maximum Gasteiger partial charge on any atom is 0.341 e. The summed E-state index contributed by atoms with van der Waals surface area (Å²) in [6.07, 6.45) is 18.0. The Morgan fingerprint density at radius 1 is 0.917 bits per heavy atom. The fourth-order valence-electron chi connectivity index (χ4n) is 5.17. The zero-order valence-electron chi connectivity index (χ0n) is 23.1. The minimum Gasteiger partial charge on any atom is -0.496 e. The van der Waals surface area contributed by atoms with Crippen molar-refractivity contribution in [2.24, 2.45) is 10.9 Å². The second kappa shape index (κ2) is 17.1. The lowest BCUT2D eigenvalue weighted by atomic mass is 9.84. The number of nitrogens with one attached hydrogen (secondary N) is 1. The van der Waals surface area contributed by atoms with Crippen molar-refractivity contribution in [3.63, 3.8) is 0 Å². The number of carbonyl (C=O) groups excluding carboxylic acids is 2. The first-order chi connectivity index (χ1) is 17.5. The number of hydrogen-bond acceptors (Lipinski definition) is 4. The van der Waals surface area contributed by atoms with Crippen molar-refractivity contribution in [1.82, 2.24) is 5.32 Å². The molecular weight excluding hydrogens is 452 g/mol. The minimum absolute atomic E-state index is 0.279. The van der Waals surface area contributed by atoms with Crippen LogP contribution in [0.3, 0.4) is 0 Å². The summed E-state index contributed by atoms with van der Waals surface area (Å²) in [5, 5.41) is 2.91. The smallest absolute Gasteiger partial charge is 0.341 e. The van der Waals surface area contributed by atoms with Crippen molar-refractivity contribution in [2.45, 2.75) is 117 Å². The Morgan fingerprint density at radius 2 is 1.50 bits per heavy atom. The molecule has 0 saturated heterocycles. The van der Waals surface area contributed by atoms with Crippen LogP contribution in [0, 0.1) is 5.92 Å². The lowest BCUT2D eigenvalue weighted by Gasteiger charge is -2.32. The van der Waals surface area contributed by atoms with Gasteiger partial charge in [0.1, 0.15) is 11.7 Å². The van der Waals surface area contributed by atoms with Gasteiger partial charge in [-0.05, 0) is 38.3 Å². The summed E-state index contributed by atoms with van der Waals surface area (Å²) in [7, 11) is 1.62. The van der Waals surface area contributed by atoms with E-state index in [-0.39, 0.29) is 12.6 Å². The Bertz CT molecular complexity index is 836. The van der Waals surface area contributed by atoms with Crippen LogP contribution in [-0.2, 0) is 16.0 Å². The molecular formula is C30H48N2O4. The third-order valence-corrected chi connectivity index (χ3v) is 7.12. The maximum absolute atomic E-state index is 12.8. The number of hydrogen-bond donors (Lipinski definition) is 1. The molecule has 6 nitrogen and oxygen atoms in total. The molecule has 36 heavy (non-hydrogen) atoms. The lowest BCUT2D eigenvalue weighted by molar-refractivity contribution is -0.146. The summed E-state index contributed by atoms with van der Waals surface area (Å²) < 4.78 is 11.0. The van der Waals surface area contributed by atoms with E-state index < -0.39 is 18.0 Å². The number of unbranched alkanes of at least 4 members (excludes halogenated alkanes) is 12. The van der Waals surface area contributed by atoms with Gasteiger partial charge in [-0.25, -0.2) is 9.79 Å². The van der Waals surface area contributed by atoms with Gasteiger partial charge in [-0.15, -0.1) is 0 Å². The molecule has 1 N–H and O–H groups in total. The fraction of sp³-hybridized carbons (Fsp3) is 0.700. The highest BCUT2D eigenvalue weighted by Crippen LogP contribution is 2.37. The number of urea groups is 1. The summed E-state index contributed by atoms with van der Waals surface area (Å²) in [5.41, 5.74) is 2.44. The largest absolute Gasteiger partial charge is 0.496 e. The van der Waals surface area contributed by atoms with Gasteiger partial charge < -0.3 is 14.8 Å². The monoisotopic (exact) mass is 500 g/mol. The summed E-state index contributed by atoms with van der Waals surface area (Å²) in [5.74, 6) is -0.359. The van der Waals surface area contributed by atoms with Crippen molar-refractivity contribution >= 4 is 17.7 Å². The Balaban J connectivity index is 1.88. The predicted molar refractivity (Wildman–Crippen MR) is 147 cm³/mol. The first-order valence-electron chi connectivity index (χ1n) is 14.2. The molecule has 2 atom stereocenters. The van der Waals surface area contributed by atoms with Crippen LogP contribution in [0.5, 0.6) is 5.75 Å². The molecule has 0 aliphatic carbocycles. The van der Waals surface area contributed by atoms with E-state index in [9.17, 15) is 9.59 Å². The van der Waals surface area contributed by atoms with E-state index in [2.05, 4.69) is 23.3 Å². The number of rotatable bonds is 18. The molecule has 2 rings (SSSR count). The van der Waals surface area contributed by atoms with Crippen molar-refractivity contribution < 1.29 is 19.1 Å². The van der Waals surface area contributed by atoms with Crippen LogP contribution < -0.4 is 10.1 Å². The number of nitrogens with zero attached hydrogens (tertiary/aromatic N) is 1. The molecule has 1 aliphatic rings. The highest BCUT2D eigenvalue weighted by Gasteiger charge is 2.40. The van der Waals surface area contributed by atoms with E-state index in [4.69, 9.17) is 9.47 Å². The molecule has 0 saturated carbocycles. The number of carbonyl (C=O) groups is 2. The zero-order valence-corrected chi connectivity index (χ0v) is 23.1. The summed E-state index contributed by atoms with van der Waals surface area (Å²) in [6, 6.07) is 4.95. The van der Waals surface area contributed by atoms with Crippen LogP contribution in [0.4, 0.5) is 4.79 Å². The summed E-state index contributed by atoms with van der Waals surface area (Å²) in [6.45, 7) is 6.04. The molecule has 1 aliphatic heterocycles. The van der Waals surface area contributed by atoms with Gasteiger partial charge >= 0.3 is 12.0 Å². The van der Waals surface area contributed by atoms with Crippen LogP contribution >= 0.6 is 0 Å². The Hall–Kier alpha value is -2.37. The number of methoxy groups -OCH3 is 1. The number of benzene rings is 1. The van der Waals surface area contributed by atoms with Gasteiger partial charge in [-0.1, -0.05) is 96.1 Å². The molecule has 1 heterocycles. The fourth-order valence-corrected chi connectivity index (χ4v) is 5.17. The number of amides is 2. The van der Waals surface area contributed by atoms with Gasteiger partial charge in [0.2, 0.25) is 0 Å². The van der Waals surface area contributed by atoms with Gasteiger partial charge in [0, 0.05) is 11.3 Å². The molecule has 1 aromatic carbocycles. The number of ether oxygens (including phenoxy) is 2. The van der Waals surface area contributed by atoms with Crippen LogP contribution in [0.2, 0.25) is 0 Å². The van der Waals surface area contributed by atoms with Gasteiger partial charge in [0.05, 0.1) is 19.8 Å². The van der Waals surface area contributed by atoms with Gasteiger partial charge in [0.15, 0.2) is 0 Å². The first kappa shape index (κ1) is 29.9. The molecule has 2 amide bonds. The lowest BCUT2D eigenvalue weighted by Crippen LogP contribution is -2.44. The van der Waals surface area contributed by atoms with E-state index in [0.717, 1.165) is 24.0 Å². The van der Waals surface area contributed by atoms with Crippen LogP contribution in [0.1, 0.15) is 121 Å². The SMILES string of the molecule is CCCCCCCCCCCCCCCc1cccc(OC)c1C1NC(=O)N=C(C)C1C(=O)OCC. The number of esters is 1. The third kappa shape index (κ3) is 9.59. The third-order valence-electron chi connectivity index (χ3n) is 7.12. The van der Waals surface area contributed by atoms with Crippen LogP contribution in [0.25, 0.3) is 0 Å². The molecule has 0 fully saturated rings. The molecule has 2 unspecified atom stereocenters. The molecule has 0 spiro atoms. The summed E-state index contributed by atoms with van der Waals surface area (Å²) >= 11 is 0. The average molecular weight is 501 g/mol. The Morgan fingerprint density at radius 3 is 2.06 bits per heavy atom. The van der Waals surface area contributed by atoms with Gasteiger partial charge in [-0.3, -0.25) is 4.79 Å². The quantitative estimate of drug-likeness (QED) is 0.165. The Labute approximate surface area is 218 Å². The van der Waals surface area contributed by atoms with E-state index in [1.165, 1.54) is 77.0 Å². The van der Waals surface area contributed by atoms with Gasteiger partial charge in [-0.2, -0.15) is 0 Å². The molecule has 1 aromatic rings. The summed E-state index contributed by atoms with van der Waals surface area (Å²) in [4.78, 5) is 29.1. The minimum atomic E-state index is -0.663. The zero-order chi connectivity index (χ0) is 26.2. The normalized spacial score (nSPS) is 17.4. The molecule has 0 aromatic heterocycles. The number of aryl methyl sites for hydroxylation is 1. The van der Waals surface area contributed by atoms with E-state index in [1.54, 1.807) is 21.0 Å². The highest BCUT2D eigenvalue weighted by molar-refractivity contribution is 6.08.